The number of terminal acetylenes is 1. The Morgan fingerprint density at radius 3 is 2.72 bits per heavy atom. The van der Waals surface area contributed by atoms with Crippen molar-refractivity contribution in [3.8, 4) is 12.3 Å². The molecule has 1 aliphatic heterocycles. The highest BCUT2D eigenvalue weighted by atomic mass is 79.9. The normalized spacial score (nSPS) is 35.8. The summed E-state index contributed by atoms with van der Waals surface area (Å²) < 4.78 is 15.2. The molecule has 1 fully saturated rings. The van der Waals surface area contributed by atoms with Crippen LogP contribution in [0.3, 0.4) is 0 Å². The van der Waals surface area contributed by atoms with Gasteiger partial charge in [0.05, 0.1) is 0 Å². The summed E-state index contributed by atoms with van der Waals surface area (Å²) >= 11 is 3.11. The SMILES string of the molecule is C#CCO[C@@H]1C(O)[C@@H](Br)OC(COC(C)=O)[C@@H]1O. The third kappa shape index (κ3) is 3.93. The summed E-state index contributed by atoms with van der Waals surface area (Å²) in [6.07, 6.45) is 1.16. The van der Waals surface area contributed by atoms with E-state index < -0.39 is 35.4 Å². The van der Waals surface area contributed by atoms with E-state index in [9.17, 15) is 15.0 Å². The van der Waals surface area contributed by atoms with E-state index in [-0.39, 0.29) is 13.2 Å². The van der Waals surface area contributed by atoms with E-state index in [0.29, 0.717) is 0 Å². The molecule has 102 valence electrons. The van der Waals surface area contributed by atoms with Gasteiger partial charge in [-0.1, -0.05) is 21.9 Å². The molecular formula is C11H15BrO6. The third-order valence-electron chi connectivity index (χ3n) is 2.44. The van der Waals surface area contributed by atoms with Crippen LogP contribution in [0.1, 0.15) is 6.92 Å². The fourth-order valence-corrected chi connectivity index (χ4v) is 2.15. The van der Waals surface area contributed by atoms with Crippen LogP contribution in [0.25, 0.3) is 0 Å². The van der Waals surface area contributed by atoms with E-state index in [2.05, 4.69) is 21.9 Å². The van der Waals surface area contributed by atoms with E-state index >= 15 is 0 Å². The fraction of sp³-hybridized carbons (Fsp3) is 0.727. The Labute approximate surface area is 113 Å². The van der Waals surface area contributed by atoms with Crippen LogP contribution in [0.5, 0.6) is 0 Å². The molecule has 1 heterocycles. The maximum absolute atomic E-state index is 10.7. The lowest BCUT2D eigenvalue weighted by molar-refractivity contribution is -0.218. The molecule has 1 saturated heterocycles. The second-order valence-corrected chi connectivity index (χ2v) is 4.69. The predicted molar refractivity (Wildman–Crippen MR) is 64.8 cm³/mol. The molecular weight excluding hydrogens is 308 g/mol. The second kappa shape index (κ2) is 7.07. The molecule has 0 saturated carbocycles. The molecule has 5 atom stereocenters. The van der Waals surface area contributed by atoms with Gasteiger partial charge in [0.2, 0.25) is 0 Å². The van der Waals surface area contributed by atoms with Gasteiger partial charge in [-0.05, 0) is 0 Å². The lowest BCUT2D eigenvalue weighted by Crippen LogP contribution is -2.58. The average Bonchev–Trinajstić information content (AvgIpc) is 2.32. The Balaban J connectivity index is 2.65. The van der Waals surface area contributed by atoms with Crippen LogP contribution < -0.4 is 0 Å². The van der Waals surface area contributed by atoms with Gasteiger partial charge >= 0.3 is 5.97 Å². The van der Waals surface area contributed by atoms with Crippen molar-refractivity contribution in [1.29, 1.82) is 0 Å². The minimum absolute atomic E-state index is 0.0429. The number of aliphatic hydroxyl groups is 2. The maximum atomic E-state index is 10.7. The summed E-state index contributed by atoms with van der Waals surface area (Å²) in [5, 5.41) is 19.0. The van der Waals surface area contributed by atoms with Crippen molar-refractivity contribution in [2.24, 2.45) is 0 Å². The zero-order valence-corrected chi connectivity index (χ0v) is 11.4. The van der Waals surface area contributed by atoms with Gasteiger partial charge in [0.1, 0.15) is 42.6 Å². The van der Waals surface area contributed by atoms with E-state index in [1.807, 2.05) is 0 Å². The Hall–Kier alpha value is -0.650. The van der Waals surface area contributed by atoms with Crippen LogP contribution in [-0.4, -0.2) is 58.8 Å². The molecule has 2 unspecified atom stereocenters. The molecule has 1 aliphatic rings. The Morgan fingerprint density at radius 1 is 1.50 bits per heavy atom. The van der Waals surface area contributed by atoms with Crippen molar-refractivity contribution in [1.82, 2.24) is 0 Å². The predicted octanol–water partition coefficient (Wildman–Crippen LogP) is -0.591. The maximum Gasteiger partial charge on any atom is 0.302 e. The third-order valence-corrected chi connectivity index (χ3v) is 3.19. The zero-order valence-electron chi connectivity index (χ0n) is 9.78. The van der Waals surface area contributed by atoms with Gasteiger partial charge in [0.15, 0.2) is 0 Å². The zero-order chi connectivity index (χ0) is 13.7. The summed E-state index contributed by atoms with van der Waals surface area (Å²) in [7, 11) is 0. The number of carbonyl (C=O) groups is 1. The van der Waals surface area contributed by atoms with Crippen LogP contribution in [0.2, 0.25) is 0 Å². The number of hydrogen-bond donors (Lipinski definition) is 2. The van der Waals surface area contributed by atoms with Crippen molar-refractivity contribution in [3.05, 3.63) is 0 Å². The number of carbonyl (C=O) groups excluding carboxylic acids is 1. The monoisotopic (exact) mass is 322 g/mol. The lowest BCUT2D eigenvalue weighted by Gasteiger charge is -2.40. The second-order valence-electron chi connectivity index (χ2n) is 3.79. The van der Waals surface area contributed by atoms with Crippen LogP contribution in [0, 0.1) is 12.3 Å². The first kappa shape index (κ1) is 15.4. The Bertz CT molecular complexity index is 328. The smallest absolute Gasteiger partial charge is 0.302 e. The largest absolute Gasteiger partial charge is 0.463 e. The van der Waals surface area contributed by atoms with Crippen molar-refractivity contribution < 1.29 is 29.2 Å². The summed E-state index contributed by atoms with van der Waals surface area (Å²) in [6.45, 7) is 1.09. The van der Waals surface area contributed by atoms with Crippen molar-refractivity contribution in [3.63, 3.8) is 0 Å². The number of halogens is 1. The first-order chi connectivity index (χ1) is 8.47. The van der Waals surface area contributed by atoms with Crippen molar-refractivity contribution in [2.45, 2.75) is 36.4 Å². The van der Waals surface area contributed by atoms with E-state index in [1.165, 1.54) is 6.92 Å². The number of rotatable bonds is 4. The van der Waals surface area contributed by atoms with Gasteiger partial charge in [0.25, 0.3) is 0 Å². The average molecular weight is 323 g/mol. The number of aliphatic hydroxyl groups excluding tert-OH is 2. The molecule has 0 aromatic carbocycles. The quantitative estimate of drug-likeness (QED) is 0.409. The summed E-state index contributed by atoms with van der Waals surface area (Å²) in [4.78, 5) is 10.7. The first-order valence-corrected chi connectivity index (χ1v) is 6.23. The molecule has 2 N–H and O–H groups in total. The molecule has 0 bridgehead atoms. The highest BCUT2D eigenvalue weighted by Gasteiger charge is 2.44. The van der Waals surface area contributed by atoms with Gasteiger partial charge in [-0.15, -0.1) is 6.42 Å². The van der Waals surface area contributed by atoms with Gasteiger partial charge in [-0.25, -0.2) is 0 Å². The first-order valence-electron chi connectivity index (χ1n) is 5.31. The van der Waals surface area contributed by atoms with E-state index in [4.69, 9.17) is 20.6 Å². The van der Waals surface area contributed by atoms with E-state index in [0.717, 1.165) is 0 Å². The molecule has 0 aromatic heterocycles. The van der Waals surface area contributed by atoms with Crippen LogP contribution in [0.4, 0.5) is 0 Å². The topological polar surface area (TPSA) is 85.2 Å². The van der Waals surface area contributed by atoms with Gasteiger partial charge < -0.3 is 24.4 Å². The summed E-state index contributed by atoms with van der Waals surface area (Å²) in [5.74, 6) is 1.77. The minimum Gasteiger partial charge on any atom is -0.463 e. The number of hydrogen-bond acceptors (Lipinski definition) is 6. The molecule has 0 aromatic rings. The van der Waals surface area contributed by atoms with Gasteiger partial charge in [-0.3, -0.25) is 4.79 Å². The summed E-state index contributed by atoms with van der Waals surface area (Å²) in [6, 6.07) is 0. The fourth-order valence-electron chi connectivity index (χ4n) is 1.57. The van der Waals surface area contributed by atoms with Crippen LogP contribution in [0.15, 0.2) is 0 Å². The Kier molecular flexibility index (Phi) is 6.05. The standard InChI is InChI=1S/C11H15BrO6/c1-3-4-16-10-8(14)7(5-17-6(2)13)18-11(12)9(10)15/h1,7-11,14-15H,4-5H2,2H3/t7?,8-,9?,10-,11-/m0/s1. The number of ether oxygens (including phenoxy) is 3. The molecule has 18 heavy (non-hydrogen) atoms. The Morgan fingerprint density at radius 2 is 2.17 bits per heavy atom. The van der Waals surface area contributed by atoms with E-state index in [1.54, 1.807) is 0 Å². The molecule has 0 spiro atoms. The molecule has 0 radical (unpaired) electrons. The number of esters is 1. The minimum atomic E-state index is -1.14. The number of alkyl halides is 1. The van der Waals surface area contributed by atoms with Crippen LogP contribution >= 0.6 is 15.9 Å². The van der Waals surface area contributed by atoms with Gasteiger partial charge in [-0.2, -0.15) is 0 Å². The van der Waals surface area contributed by atoms with Crippen molar-refractivity contribution in [2.75, 3.05) is 13.2 Å². The summed E-state index contributed by atoms with van der Waals surface area (Å²) in [5.41, 5.74) is 0. The molecule has 0 amide bonds. The lowest BCUT2D eigenvalue weighted by atomic mass is 10.0. The van der Waals surface area contributed by atoms with Gasteiger partial charge in [0, 0.05) is 6.92 Å². The highest BCUT2D eigenvalue weighted by molar-refractivity contribution is 9.09. The highest BCUT2D eigenvalue weighted by Crippen LogP contribution is 2.27. The van der Waals surface area contributed by atoms with Crippen molar-refractivity contribution >= 4 is 21.9 Å². The molecule has 7 heteroatoms. The molecule has 1 rings (SSSR count). The van der Waals surface area contributed by atoms with Crippen LogP contribution in [-0.2, 0) is 19.0 Å². The molecule has 0 aliphatic carbocycles. The molecule has 6 nitrogen and oxygen atoms in total.